The fraction of sp³-hybridized carbons (Fsp3) is 0.941. The molecular weight excluding hydrogens is 310 g/mol. The Kier molecular flexibility index (Phi) is 12.7. The summed E-state index contributed by atoms with van der Waals surface area (Å²) in [6.45, 7) is 9.00. The fourth-order valence-electron chi connectivity index (χ4n) is 2.57. The second-order valence-electron chi connectivity index (χ2n) is 5.74. The van der Waals surface area contributed by atoms with Crippen LogP contribution >= 0.6 is 0 Å². The van der Waals surface area contributed by atoms with Crippen molar-refractivity contribution in [2.45, 2.75) is 32.3 Å². The molecule has 1 fully saturated rings. The highest BCUT2D eigenvalue weighted by Crippen LogP contribution is 2.14. The van der Waals surface area contributed by atoms with Crippen LogP contribution in [0.3, 0.4) is 0 Å². The van der Waals surface area contributed by atoms with E-state index in [0.29, 0.717) is 32.5 Å². The van der Waals surface area contributed by atoms with Crippen molar-refractivity contribution in [3.8, 4) is 0 Å². The van der Waals surface area contributed by atoms with Crippen molar-refractivity contribution in [2.24, 2.45) is 4.99 Å². The number of nitrogens with zero attached hydrogens (tertiary/aromatic N) is 2. The standard InChI is InChI=1S/C17H35N3O4/c1-4-18-17(19-8-13-23-15-14-22-3)20-9-6-16(7-10-20)24-12-5-11-21-2/h16H,4-15H2,1-3H3,(H,18,19). The van der Waals surface area contributed by atoms with Gasteiger partial charge in [0.15, 0.2) is 5.96 Å². The lowest BCUT2D eigenvalue weighted by Gasteiger charge is -2.34. The van der Waals surface area contributed by atoms with Crippen molar-refractivity contribution in [1.82, 2.24) is 10.2 Å². The van der Waals surface area contributed by atoms with Crippen molar-refractivity contribution >= 4 is 5.96 Å². The molecule has 0 amide bonds. The van der Waals surface area contributed by atoms with E-state index in [0.717, 1.165) is 58.1 Å². The predicted octanol–water partition coefficient (Wildman–Crippen LogP) is 1.13. The first-order chi connectivity index (χ1) is 11.8. The van der Waals surface area contributed by atoms with E-state index in [1.54, 1.807) is 14.2 Å². The maximum Gasteiger partial charge on any atom is 0.193 e. The minimum atomic E-state index is 0.360. The molecular formula is C17H35N3O4. The summed E-state index contributed by atoms with van der Waals surface area (Å²) in [6.07, 6.45) is 3.41. The van der Waals surface area contributed by atoms with Gasteiger partial charge in [0, 0.05) is 47.1 Å². The molecule has 7 nitrogen and oxygen atoms in total. The average molecular weight is 345 g/mol. The molecule has 0 aliphatic carbocycles. The SMILES string of the molecule is CCNC(=NCCOCCOC)N1CCC(OCCCOC)CC1. The van der Waals surface area contributed by atoms with Gasteiger partial charge in [-0.15, -0.1) is 0 Å². The summed E-state index contributed by atoms with van der Waals surface area (Å²) in [5.41, 5.74) is 0. The molecule has 0 atom stereocenters. The van der Waals surface area contributed by atoms with Gasteiger partial charge in [-0.2, -0.15) is 0 Å². The van der Waals surface area contributed by atoms with Gasteiger partial charge in [0.25, 0.3) is 0 Å². The van der Waals surface area contributed by atoms with Crippen molar-refractivity contribution in [2.75, 3.05) is 73.4 Å². The monoisotopic (exact) mass is 345 g/mol. The van der Waals surface area contributed by atoms with Crippen molar-refractivity contribution < 1.29 is 18.9 Å². The summed E-state index contributed by atoms with van der Waals surface area (Å²) in [6, 6.07) is 0. The van der Waals surface area contributed by atoms with E-state index < -0.39 is 0 Å². The predicted molar refractivity (Wildman–Crippen MR) is 95.7 cm³/mol. The van der Waals surface area contributed by atoms with Gasteiger partial charge in [-0.3, -0.25) is 4.99 Å². The number of hydrogen-bond acceptors (Lipinski definition) is 5. The highest BCUT2D eigenvalue weighted by atomic mass is 16.5. The Morgan fingerprint density at radius 3 is 2.46 bits per heavy atom. The molecule has 0 bridgehead atoms. The molecule has 0 saturated carbocycles. The minimum absolute atomic E-state index is 0.360. The van der Waals surface area contributed by atoms with Crippen LogP contribution in [0.4, 0.5) is 0 Å². The van der Waals surface area contributed by atoms with E-state index in [4.69, 9.17) is 18.9 Å². The number of piperidine rings is 1. The van der Waals surface area contributed by atoms with Crippen LogP contribution in [0, 0.1) is 0 Å². The molecule has 142 valence electrons. The highest BCUT2D eigenvalue weighted by molar-refractivity contribution is 5.80. The Bertz CT molecular complexity index is 321. The third kappa shape index (κ3) is 9.42. The Hall–Kier alpha value is -0.890. The minimum Gasteiger partial charge on any atom is -0.385 e. The van der Waals surface area contributed by atoms with Crippen molar-refractivity contribution in [3.05, 3.63) is 0 Å². The Morgan fingerprint density at radius 2 is 1.79 bits per heavy atom. The van der Waals surface area contributed by atoms with Crippen LogP contribution in [0.2, 0.25) is 0 Å². The molecule has 24 heavy (non-hydrogen) atoms. The average Bonchev–Trinajstić information content (AvgIpc) is 2.61. The smallest absolute Gasteiger partial charge is 0.193 e. The summed E-state index contributed by atoms with van der Waals surface area (Å²) < 4.78 is 21.4. The third-order valence-electron chi connectivity index (χ3n) is 3.85. The molecule has 0 aromatic carbocycles. The van der Waals surface area contributed by atoms with Crippen LogP contribution in [-0.2, 0) is 18.9 Å². The molecule has 1 saturated heterocycles. The molecule has 0 spiro atoms. The van der Waals surface area contributed by atoms with E-state index in [1.807, 2.05) is 0 Å². The second-order valence-corrected chi connectivity index (χ2v) is 5.74. The molecule has 0 aromatic rings. The molecule has 0 unspecified atom stereocenters. The number of rotatable bonds is 12. The van der Waals surface area contributed by atoms with Crippen LogP contribution in [0.25, 0.3) is 0 Å². The van der Waals surface area contributed by atoms with E-state index in [-0.39, 0.29) is 0 Å². The molecule has 1 aliphatic rings. The second kappa shape index (κ2) is 14.5. The number of aliphatic imine (C=N–C) groups is 1. The summed E-state index contributed by atoms with van der Waals surface area (Å²) in [5.74, 6) is 0.977. The lowest BCUT2D eigenvalue weighted by atomic mass is 10.1. The van der Waals surface area contributed by atoms with Gasteiger partial charge in [-0.1, -0.05) is 0 Å². The van der Waals surface area contributed by atoms with Crippen molar-refractivity contribution in [3.63, 3.8) is 0 Å². The van der Waals surface area contributed by atoms with E-state index >= 15 is 0 Å². The number of guanidine groups is 1. The zero-order chi connectivity index (χ0) is 17.5. The molecule has 1 heterocycles. The Morgan fingerprint density at radius 1 is 1.04 bits per heavy atom. The molecule has 7 heteroatoms. The van der Waals surface area contributed by atoms with Gasteiger partial charge >= 0.3 is 0 Å². The van der Waals surface area contributed by atoms with E-state index in [1.165, 1.54) is 0 Å². The van der Waals surface area contributed by atoms with Gasteiger partial charge in [-0.25, -0.2) is 0 Å². The molecule has 0 aromatic heterocycles. The third-order valence-corrected chi connectivity index (χ3v) is 3.85. The first-order valence-electron chi connectivity index (χ1n) is 9.02. The quantitative estimate of drug-likeness (QED) is 0.325. The van der Waals surface area contributed by atoms with E-state index in [2.05, 4.69) is 22.1 Å². The maximum atomic E-state index is 5.91. The summed E-state index contributed by atoms with van der Waals surface area (Å²) in [4.78, 5) is 6.97. The largest absolute Gasteiger partial charge is 0.385 e. The lowest BCUT2D eigenvalue weighted by Crippen LogP contribution is -2.47. The maximum absolute atomic E-state index is 5.91. The van der Waals surface area contributed by atoms with Crippen molar-refractivity contribution in [1.29, 1.82) is 0 Å². The number of nitrogens with one attached hydrogen (secondary N) is 1. The van der Waals surface area contributed by atoms with Gasteiger partial charge in [0.1, 0.15) is 0 Å². The Balaban J connectivity index is 2.26. The molecule has 1 rings (SSSR count). The van der Waals surface area contributed by atoms with Gasteiger partial charge in [0.2, 0.25) is 0 Å². The zero-order valence-corrected chi connectivity index (χ0v) is 15.6. The lowest BCUT2D eigenvalue weighted by molar-refractivity contribution is 0.00986. The van der Waals surface area contributed by atoms with E-state index in [9.17, 15) is 0 Å². The molecule has 1 aliphatic heterocycles. The van der Waals surface area contributed by atoms with Crippen LogP contribution in [0.1, 0.15) is 26.2 Å². The highest BCUT2D eigenvalue weighted by Gasteiger charge is 2.21. The number of ether oxygens (including phenoxy) is 4. The van der Waals surface area contributed by atoms with Crippen LogP contribution in [0.5, 0.6) is 0 Å². The zero-order valence-electron chi connectivity index (χ0n) is 15.6. The summed E-state index contributed by atoms with van der Waals surface area (Å²) in [5, 5.41) is 3.37. The van der Waals surface area contributed by atoms with Crippen LogP contribution in [0.15, 0.2) is 4.99 Å². The summed E-state index contributed by atoms with van der Waals surface area (Å²) in [7, 11) is 3.40. The molecule has 1 N–H and O–H groups in total. The topological polar surface area (TPSA) is 64.6 Å². The summed E-state index contributed by atoms with van der Waals surface area (Å²) >= 11 is 0. The first kappa shape index (κ1) is 21.2. The van der Waals surface area contributed by atoms with Crippen LogP contribution in [-0.4, -0.2) is 90.4 Å². The number of hydrogen-bond donors (Lipinski definition) is 1. The number of methoxy groups -OCH3 is 2. The Labute approximate surface area is 146 Å². The van der Waals surface area contributed by atoms with Crippen LogP contribution < -0.4 is 5.32 Å². The van der Waals surface area contributed by atoms with Gasteiger partial charge < -0.3 is 29.2 Å². The normalized spacial score (nSPS) is 16.6. The van der Waals surface area contributed by atoms with Gasteiger partial charge in [0.05, 0.1) is 32.5 Å². The molecule has 0 radical (unpaired) electrons. The first-order valence-corrected chi connectivity index (χ1v) is 9.02. The number of likely N-dealkylation sites (tertiary alicyclic amines) is 1. The fourth-order valence-corrected chi connectivity index (χ4v) is 2.57. The van der Waals surface area contributed by atoms with Gasteiger partial charge in [-0.05, 0) is 26.2 Å².